The Bertz CT molecular complexity index is 1030. The molecule has 3 aromatic heterocycles. The number of amides is 1. The van der Waals surface area contributed by atoms with Crippen LogP contribution < -0.4 is 10.1 Å². The van der Waals surface area contributed by atoms with Gasteiger partial charge in [-0.15, -0.1) is 11.3 Å². The molecule has 0 unspecified atom stereocenters. The first-order valence-corrected chi connectivity index (χ1v) is 10.6. The van der Waals surface area contributed by atoms with Crippen molar-refractivity contribution in [2.45, 2.75) is 37.9 Å². The van der Waals surface area contributed by atoms with Crippen molar-refractivity contribution in [2.24, 2.45) is 5.92 Å². The van der Waals surface area contributed by atoms with Gasteiger partial charge in [-0.05, 0) is 43.5 Å². The number of alkyl halides is 3. The second kappa shape index (κ2) is 8.70. The summed E-state index contributed by atoms with van der Waals surface area (Å²) in [6.07, 6.45) is 0.352. The molecule has 164 valence electrons. The van der Waals surface area contributed by atoms with Crippen LogP contribution in [0.4, 0.5) is 13.2 Å². The van der Waals surface area contributed by atoms with Crippen molar-refractivity contribution in [1.29, 1.82) is 0 Å². The van der Waals surface area contributed by atoms with Crippen LogP contribution in [0.5, 0.6) is 5.06 Å². The number of hydrogen-bond acceptors (Lipinski definition) is 5. The van der Waals surface area contributed by atoms with E-state index in [-0.39, 0.29) is 28.8 Å². The molecular weight excluding hydrogens is 429 g/mol. The predicted molar refractivity (Wildman–Crippen MR) is 110 cm³/mol. The third kappa shape index (κ3) is 5.63. The number of ether oxygens (including phenoxy) is 1. The van der Waals surface area contributed by atoms with E-state index >= 15 is 0 Å². The van der Waals surface area contributed by atoms with Crippen LogP contribution in [0.15, 0.2) is 42.7 Å². The molecule has 6 nitrogen and oxygen atoms in total. The van der Waals surface area contributed by atoms with E-state index in [1.165, 1.54) is 6.07 Å². The highest BCUT2D eigenvalue weighted by molar-refractivity contribution is 7.13. The maximum atomic E-state index is 12.4. The van der Waals surface area contributed by atoms with Gasteiger partial charge < -0.3 is 15.0 Å². The van der Waals surface area contributed by atoms with Crippen molar-refractivity contribution in [3.05, 3.63) is 53.4 Å². The molecule has 3 atom stereocenters. The molecule has 0 saturated heterocycles. The van der Waals surface area contributed by atoms with E-state index in [0.717, 1.165) is 39.8 Å². The number of nitrogens with zero attached hydrogens (tertiary/aromatic N) is 2. The van der Waals surface area contributed by atoms with Crippen molar-refractivity contribution in [2.75, 3.05) is 6.61 Å². The van der Waals surface area contributed by atoms with Crippen LogP contribution in [0.3, 0.4) is 0 Å². The van der Waals surface area contributed by atoms with Gasteiger partial charge in [-0.25, -0.2) is 4.98 Å². The number of carbonyl (C=O) groups is 1. The Morgan fingerprint density at radius 3 is 2.90 bits per heavy atom. The maximum Gasteiger partial charge on any atom is 0.422 e. The largest absolute Gasteiger partial charge is 0.475 e. The average Bonchev–Trinajstić information content (AvgIpc) is 3.14. The van der Waals surface area contributed by atoms with E-state index in [1.54, 1.807) is 25.4 Å². The fourth-order valence-electron chi connectivity index (χ4n) is 3.39. The average molecular weight is 450 g/mol. The molecule has 2 N–H and O–H groups in total. The smallest absolute Gasteiger partial charge is 0.422 e. The lowest BCUT2D eigenvalue weighted by Crippen LogP contribution is -2.26. The summed E-state index contributed by atoms with van der Waals surface area (Å²) in [5, 5.41) is 3.09. The zero-order valence-corrected chi connectivity index (χ0v) is 17.5. The minimum absolute atomic E-state index is 0.0948. The standard InChI is InChI=1S/C21H21F3N4O2S/c1-12(17-5-6-19(31-17)30-11-21(22,23)24)27-18(29)9-13-8-14(13)20-26-10-16(28-20)15-4-2-3-7-25-15/h2-7,10,12-14H,8-9,11H2,1H3,(H,26,28)(H,27,29)/t12-,13-,14-/m1/s1. The molecule has 1 aliphatic rings. The molecule has 1 saturated carbocycles. The number of hydrogen-bond donors (Lipinski definition) is 2. The van der Waals surface area contributed by atoms with Crippen LogP contribution in [0.1, 0.15) is 42.4 Å². The Labute approximate surface area is 180 Å². The molecular formula is C21H21F3N4O2S. The highest BCUT2D eigenvalue weighted by Crippen LogP contribution is 2.48. The Morgan fingerprint density at radius 1 is 1.32 bits per heavy atom. The van der Waals surface area contributed by atoms with Gasteiger partial charge in [0.1, 0.15) is 5.82 Å². The molecule has 0 aromatic carbocycles. The highest BCUT2D eigenvalue weighted by atomic mass is 32.1. The zero-order chi connectivity index (χ0) is 22.0. The molecule has 0 aliphatic heterocycles. The van der Waals surface area contributed by atoms with Gasteiger partial charge in [0, 0.05) is 23.4 Å². The first-order valence-electron chi connectivity index (χ1n) is 9.83. The van der Waals surface area contributed by atoms with Gasteiger partial charge >= 0.3 is 6.18 Å². The number of halogens is 3. The molecule has 3 heterocycles. The van der Waals surface area contributed by atoms with Crippen molar-refractivity contribution < 1.29 is 22.7 Å². The lowest BCUT2D eigenvalue weighted by atomic mass is 10.2. The quantitative estimate of drug-likeness (QED) is 0.514. The second-order valence-corrected chi connectivity index (χ2v) is 8.63. The summed E-state index contributed by atoms with van der Waals surface area (Å²) in [6.45, 7) is 0.471. The fraction of sp³-hybridized carbons (Fsp3) is 0.381. The monoisotopic (exact) mass is 450 g/mol. The number of rotatable bonds is 8. The fourth-order valence-corrected chi connectivity index (χ4v) is 4.25. The normalized spacial score (nSPS) is 19.1. The minimum Gasteiger partial charge on any atom is -0.475 e. The van der Waals surface area contributed by atoms with Gasteiger partial charge in [0.05, 0.1) is 23.6 Å². The third-order valence-electron chi connectivity index (χ3n) is 5.04. The number of aromatic nitrogens is 3. The molecule has 1 fully saturated rings. The summed E-state index contributed by atoms with van der Waals surface area (Å²) in [7, 11) is 0. The third-order valence-corrected chi connectivity index (χ3v) is 6.22. The SMILES string of the molecule is C[C@@H](NC(=O)C[C@H]1C[C@H]1c1ncc(-c2ccccn2)[nH]1)c1ccc(OCC(F)(F)F)s1. The molecule has 0 spiro atoms. The van der Waals surface area contributed by atoms with Gasteiger partial charge in [-0.3, -0.25) is 9.78 Å². The van der Waals surface area contributed by atoms with E-state index in [9.17, 15) is 18.0 Å². The first-order chi connectivity index (χ1) is 14.8. The summed E-state index contributed by atoms with van der Waals surface area (Å²) in [6, 6.07) is 8.51. The van der Waals surface area contributed by atoms with Crippen LogP contribution in [0.2, 0.25) is 0 Å². The van der Waals surface area contributed by atoms with Crippen LogP contribution >= 0.6 is 11.3 Å². The summed E-state index contributed by atoms with van der Waals surface area (Å²) < 4.78 is 41.5. The van der Waals surface area contributed by atoms with E-state index in [1.807, 2.05) is 18.2 Å². The van der Waals surface area contributed by atoms with Crippen molar-refractivity contribution in [1.82, 2.24) is 20.3 Å². The van der Waals surface area contributed by atoms with Gasteiger partial charge in [0.15, 0.2) is 11.7 Å². The van der Waals surface area contributed by atoms with Gasteiger partial charge in [-0.2, -0.15) is 13.2 Å². The number of aromatic amines is 1. The second-order valence-electron chi connectivity index (χ2n) is 7.55. The summed E-state index contributed by atoms with van der Waals surface area (Å²) in [5.74, 6) is 1.19. The Balaban J connectivity index is 1.26. The topological polar surface area (TPSA) is 79.9 Å². The lowest BCUT2D eigenvalue weighted by Gasteiger charge is -2.12. The summed E-state index contributed by atoms with van der Waals surface area (Å²) in [4.78, 5) is 25.2. The number of pyridine rings is 1. The van der Waals surface area contributed by atoms with E-state index < -0.39 is 12.8 Å². The van der Waals surface area contributed by atoms with Crippen molar-refractivity contribution >= 4 is 17.2 Å². The number of thiophene rings is 1. The van der Waals surface area contributed by atoms with Crippen LogP contribution in [-0.2, 0) is 4.79 Å². The molecule has 1 aliphatic carbocycles. The number of H-pyrrole nitrogens is 1. The number of carbonyl (C=O) groups excluding carboxylic acids is 1. The van der Waals surface area contributed by atoms with E-state index in [4.69, 9.17) is 4.74 Å². The Morgan fingerprint density at radius 2 is 2.16 bits per heavy atom. The summed E-state index contributed by atoms with van der Waals surface area (Å²) >= 11 is 1.10. The van der Waals surface area contributed by atoms with Gasteiger partial charge in [0.2, 0.25) is 5.91 Å². The van der Waals surface area contributed by atoms with Crippen LogP contribution in [0, 0.1) is 5.92 Å². The summed E-state index contributed by atoms with van der Waals surface area (Å²) in [5.41, 5.74) is 1.67. The Hall–Kier alpha value is -2.88. The number of nitrogens with one attached hydrogen (secondary N) is 2. The molecule has 31 heavy (non-hydrogen) atoms. The van der Waals surface area contributed by atoms with E-state index in [0.29, 0.717) is 6.42 Å². The molecule has 0 radical (unpaired) electrons. The molecule has 3 aromatic rings. The van der Waals surface area contributed by atoms with Crippen molar-refractivity contribution in [3.63, 3.8) is 0 Å². The molecule has 10 heteroatoms. The van der Waals surface area contributed by atoms with Crippen molar-refractivity contribution in [3.8, 4) is 16.5 Å². The highest BCUT2D eigenvalue weighted by Gasteiger charge is 2.41. The predicted octanol–water partition coefficient (Wildman–Crippen LogP) is 4.85. The zero-order valence-electron chi connectivity index (χ0n) is 16.6. The molecule has 1 amide bonds. The maximum absolute atomic E-state index is 12.4. The van der Waals surface area contributed by atoms with Crippen LogP contribution in [0.25, 0.3) is 11.4 Å². The minimum atomic E-state index is -4.38. The molecule has 0 bridgehead atoms. The van der Waals surface area contributed by atoms with Crippen LogP contribution in [-0.4, -0.2) is 33.6 Å². The lowest BCUT2D eigenvalue weighted by molar-refractivity contribution is -0.152. The first kappa shape index (κ1) is 21.4. The number of imidazole rings is 1. The molecule has 4 rings (SSSR count). The Kier molecular flexibility index (Phi) is 5.99. The van der Waals surface area contributed by atoms with Gasteiger partial charge in [-0.1, -0.05) is 6.07 Å². The van der Waals surface area contributed by atoms with Gasteiger partial charge in [0.25, 0.3) is 0 Å². The van der Waals surface area contributed by atoms with E-state index in [2.05, 4.69) is 20.3 Å².